The molecular formula is C15H20N2OS. The Hall–Kier alpha value is -1.31. The molecule has 1 aromatic heterocycles. The van der Waals surface area contributed by atoms with Crippen molar-refractivity contribution in [1.29, 1.82) is 0 Å². The summed E-state index contributed by atoms with van der Waals surface area (Å²) in [4.78, 5) is 16.3. The summed E-state index contributed by atoms with van der Waals surface area (Å²) in [6.45, 7) is 2.01. The number of amides is 1. The number of carbonyl (C=O) groups is 1. The Morgan fingerprint density at radius 2 is 2.11 bits per heavy atom. The topological polar surface area (TPSA) is 46.3 Å². The first-order valence-electron chi connectivity index (χ1n) is 6.85. The average molecular weight is 276 g/mol. The molecule has 1 aliphatic heterocycles. The lowest BCUT2D eigenvalue weighted by molar-refractivity contribution is -0.132. The first-order chi connectivity index (χ1) is 9.29. The van der Waals surface area contributed by atoms with Crippen LogP contribution in [0.4, 0.5) is 0 Å². The minimum absolute atomic E-state index is 0.294. The quantitative estimate of drug-likeness (QED) is 0.843. The summed E-state index contributed by atoms with van der Waals surface area (Å²) in [7, 11) is 0. The van der Waals surface area contributed by atoms with Gasteiger partial charge in [-0.25, -0.2) is 0 Å². The van der Waals surface area contributed by atoms with E-state index < -0.39 is 0 Å². The Morgan fingerprint density at radius 3 is 2.95 bits per heavy atom. The Labute approximate surface area is 118 Å². The highest BCUT2D eigenvalue weighted by molar-refractivity contribution is 7.12. The fourth-order valence-corrected chi connectivity index (χ4v) is 3.14. The number of hydrogen-bond donors (Lipinski definition) is 1. The third-order valence-electron chi connectivity index (χ3n) is 3.24. The molecule has 0 bridgehead atoms. The first-order valence-corrected chi connectivity index (χ1v) is 7.66. The van der Waals surface area contributed by atoms with E-state index in [2.05, 4.69) is 17.9 Å². The summed E-state index contributed by atoms with van der Waals surface area (Å²) >= 11 is 1.66. The standard InChI is InChI=1S/C15H20N2OS/c16-10-5-6-13-8-9-14(19-13)12-17-11-4-2-1-3-7-15(17)18/h8-9H,1-4,7,10-12,16H2. The molecule has 2 N–H and O–H groups in total. The van der Waals surface area contributed by atoms with Crippen molar-refractivity contribution in [3.63, 3.8) is 0 Å². The maximum atomic E-state index is 12.0. The molecule has 1 aromatic rings. The molecule has 0 spiro atoms. The number of carbonyl (C=O) groups excluding carboxylic acids is 1. The molecule has 0 aliphatic carbocycles. The van der Waals surface area contributed by atoms with Crippen molar-refractivity contribution >= 4 is 17.2 Å². The van der Waals surface area contributed by atoms with Crippen LogP contribution in [0.25, 0.3) is 0 Å². The van der Waals surface area contributed by atoms with Gasteiger partial charge in [-0.2, -0.15) is 0 Å². The molecule has 2 rings (SSSR count). The predicted molar refractivity (Wildman–Crippen MR) is 78.8 cm³/mol. The molecule has 1 saturated heterocycles. The lowest BCUT2D eigenvalue weighted by Gasteiger charge is -2.24. The van der Waals surface area contributed by atoms with E-state index in [0.717, 1.165) is 30.8 Å². The molecule has 2 heterocycles. The van der Waals surface area contributed by atoms with Gasteiger partial charge in [-0.3, -0.25) is 4.79 Å². The number of likely N-dealkylation sites (tertiary alicyclic amines) is 1. The smallest absolute Gasteiger partial charge is 0.222 e. The van der Waals surface area contributed by atoms with Gasteiger partial charge in [0.25, 0.3) is 0 Å². The summed E-state index contributed by atoms with van der Waals surface area (Å²) in [5.41, 5.74) is 5.36. The third kappa shape index (κ3) is 4.38. The van der Waals surface area contributed by atoms with Crippen LogP contribution in [0.2, 0.25) is 0 Å². The van der Waals surface area contributed by atoms with Gasteiger partial charge in [-0.15, -0.1) is 11.3 Å². The van der Waals surface area contributed by atoms with Gasteiger partial charge in [0.2, 0.25) is 5.91 Å². The highest BCUT2D eigenvalue weighted by atomic mass is 32.1. The normalized spacial score (nSPS) is 16.5. The van der Waals surface area contributed by atoms with E-state index in [1.807, 2.05) is 11.0 Å². The van der Waals surface area contributed by atoms with Crippen LogP contribution in [0, 0.1) is 11.8 Å². The van der Waals surface area contributed by atoms with E-state index >= 15 is 0 Å². The van der Waals surface area contributed by atoms with Crippen LogP contribution in [0.3, 0.4) is 0 Å². The van der Waals surface area contributed by atoms with Crippen molar-refractivity contribution in [3.8, 4) is 11.8 Å². The van der Waals surface area contributed by atoms with Crippen molar-refractivity contribution in [1.82, 2.24) is 4.90 Å². The Bertz CT molecular complexity index is 484. The van der Waals surface area contributed by atoms with Gasteiger partial charge in [0, 0.05) is 17.8 Å². The van der Waals surface area contributed by atoms with Crippen LogP contribution in [-0.4, -0.2) is 23.9 Å². The maximum Gasteiger partial charge on any atom is 0.222 e. The number of nitrogens with two attached hydrogens (primary N) is 1. The fraction of sp³-hybridized carbons (Fsp3) is 0.533. The van der Waals surface area contributed by atoms with Gasteiger partial charge in [-0.1, -0.05) is 24.7 Å². The van der Waals surface area contributed by atoms with Gasteiger partial charge in [0.05, 0.1) is 18.0 Å². The number of thiophene rings is 1. The molecule has 102 valence electrons. The summed E-state index contributed by atoms with van der Waals surface area (Å²) in [6, 6.07) is 4.08. The second-order valence-corrected chi connectivity index (χ2v) is 5.92. The SMILES string of the molecule is NCC#Cc1ccc(CN2CCCCCCC2=O)s1. The minimum atomic E-state index is 0.294. The molecule has 4 heteroatoms. The predicted octanol–water partition coefficient (Wildman–Crippen LogP) is 2.35. The number of hydrogen-bond acceptors (Lipinski definition) is 3. The molecule has 3 nitrogen and oxygen atoms in total. The van der Waals surface area contributed by atoms with E-state index in [0.29, 0.717) is 18.9 Å². The monoisotopic (exact) mass is 276 g/mol. The van der Waals surface area contributed by atoms with Crippen molar-refractivity contribution in [2.45, 2.75) is 38.6 Å². The molecule has 1 fully saturated rings. The van der Waals surface area contributed by atoms with Gasteiger partial charge >= 0.3 is 0 Å². The van der Waals surface area contributed by atoms with Gasteiger partial charge in [0.15, 0.2) is 0 Å². The van der Waals surface area contributed by atoms with Crippen molar-refractivity contribution < 1.29 is 4.79 Å². The molecule has 0 unspecified atom stereocenters. The summed E-state index contributed by atoms with van der Waals surface area (Å²) in [5.74, 6) is 6.19. The Balaban J connectivity index is 1.98. The maximum absolute atomic E-state index is 12.0. The average Bonchev–Trinajstić information content (AvgIpc) is 2.84. The highest BCUT2D eigenvalue weighted by Crippen LogP contribution is 2.20. The molecule has 0 saturated carbocycles. The third-order valence-corrected chi connectivity index (χ3v) is 4.23. The van der Waals surface area contributed by atoms with E-state index in [-0.39, 0.29) is 0 Å². The summed E-state index contributed by atoms with van der Waals surface area (Å²) < 4.78 is 0. The van der Waals surface area contributed by atoms with Gasteiger partial charge in [-0.05, 0) is 25.0 Å². The summed E-state index contributed by atoms with van der Waals surface area (Å²) in [5, 5.41) is 0. The van der Waals surface area contributed by atoms with Crippen LogP contribution in [0.1, 0.15) is 41.9 Å². The van der Waals surface area contributed by atoms with Crippen LogP contribution >= 0.6 is 11.3 Å². The molecule has 1 amide bonds. The molecule has 1 aliphatic rings. The molecule has 19 heavy (non-hydrogen) atoms. The molecule has 0 aromatic carbocycles. The summed E-state index contributed by atoms with van der Waals surface area (Å²) in [6.07, 6.45) is 5.29. The second-order valence-electron chi connectivity index (χ2n) is 4.75. The zero-order valence-corrected chi connectivity index (χ0v) is 12.0. The van der Waals surface area contributed by atoms with Crippen LogP contribution in [-0.2, 0) is 11.3 Å². The Morgan fingerprint density at radius 1 is 1.26 bits per heavy atom. The minimum Gasteiger partial charge on any atom is -0.338 e. The van der Waals surface area contributed by atoms with Gasteiger partial charge < -0.3 is 10.6 Å². The molecule has 0 atom stereocenters. The number of nitrogens with zero attached hydrogens (tertiary/aromatic N) is 1. The first kappa shape index (κ1) is 14.1. The van der Waals surface area contributed by atoms with Gasteiger partial charge in [0.1, 0.15) is 0 Å². The van der Waals surface area contributed by atoms with E-state index in [4.69, 9.17) is 5.73 Å². The van der Waals surface area contributed by atoms with Crippen molar-refractivity contribution in [2.24, 2.45) is 5.73 Å². The van der Waals surface area contributed by atoms with E-state index in [1.165, 1.54) is 17.7 Å². The van der Waals surface area contributed by atoms with Crippen molar-refractivity contribution in [3.05, 3.63) is 21.9 Å². The lowest BCUT2D eigenvalue weighted by atomic mass is 10.1. The number of rotatable bonds is 2. The van der Waals surface area contributed by atoms with Crippen molar-refractivity contribution in [2.75, 3.05) is 13.1 Å². The zero-order chi connectivity index (χ0) is 13.5. The molecule has 0 radical (unpaired) electrons. The van der Waals surface area contributed by atoms with Crippen LogP contribution in [0.5, 0.6) is 0 Å². The largest absolute Gasteiger partial charge is 0.338 e. The Kier molecular flexibility index (Phi) is 5.44. The fourth-order valence-electron chi connectivity index (χ4n) is 2.24. The molecular weight excluding hydrogens is 256 g/mol. The lowest BCUT2D eigenvalue weighted by Crippen LogP contribution is -2.32. The van der Waals surface area contributed by atoms with E-state index in [9.17, 15) is 4.79 Å². The van der Waals surface area contributed by atoms with E-state index in [1.54, 1.807) is 11.3 Å². The zero-order valence-electron chi connectivity index (χ0n) is 11.2. The second kappa shape index (κ2) is 7.32. The van der Waals surface area contributed by atoms with Crippen LogP contribution in [0.15, 0.2) is 12.1 Å². The van der Waals surface area contributed by atoms with Crippen LogP contribution < -0.4 is 5.73 Å². The highest BCUT2D eigenvalue weighted by Gasteiger charge is 2.16.